The molecule has 1 N–H and O–H groups in total. The van der Waals surface area contributed by atoms with E-state index in [0.29, 0.717) is 70.6 Å². The van der Waals surface area contributed by atoms with Gasteiger partial charge in [-0.2, -0.15) is 5.10 Å². The monoisotopic (exact) mass is 582 g/mol. The van der Waals surface area contributed by atoms with Crippen LogP contribution in [0.1, 0.15) is 42.3 Å². The summed E-state index contributed by atoms with van der Waals surface area (Å²) in [5, 5.41) is 8.58. The normalized spacial score (nSPS) is 44.8. The molecule has 8 aliphatic rings. The van der Waals surface area contributed by atoms with Crippen LogP contribution in [0.4, 0.5) is 4.39 Å². The number of hydrogen-bond donors (Lipinski definition) is 1. The van der Waals surface area contributed by atoms with Gasteiger partial charge in [-0.3, -0.25) is 13.9 Å². The van der Waals surface area contributed by atoms with E-state index in [9.17, 15) is 14.0 Å². The molecule has 2 spiro atoms. The number of halogens is 1. The average Bonchev–Trinajstić information content (AvgIpc) is 3.73. The van der Waals surface area contributed by atoms with Gasteiger partial charge in [-0.25, -0.2) is 13.9 Å². The number of carbonyl (C=O) groups is 1. The number of aromatic nitrogens is 4. The predicted octanol–water partition coefficient (Wildman–Crippen LogP) is 2.48. The molecule has 7 aliphatic carbocycles. The van der Waals surface area contributed by atoms with Crippen molar-refractivity contribution in [2.75, 3.05) is 26.8 Å². The zero-order valence-corrected chi connectivity index (χ0v) is 25.0. The van der Waals surface area contributed by atoms with Crippen LogP contribution in [-0.4, -0.2) is 62.1 Å². The third-order valence-corrected chi connectivity index (χ3v) is 14.2. The van der Waals surface area contributed by atoms with E-state index in [-0.39, 0.29) is 34.5 Å². The van der Waals surface area contributed by atoms with Crippen LogP contribution in [0.2, 0.25) is 0 Å². The Hall–Kier alpha value is -3.24. The Morgan fingerprint density at radius 1 is 1.14 bits per heavy atom. The van der Waals surface area contributed by atoms with Crippen molar-refractivity contribution in [3.05, 3.63) is 63.2 Å². The molecule has 43 heavy (non-hydrogen) atoms. The summed E-state index contributed by atoms with van der Waals surface area (Å²) in [7, 11) is 1.70. The van der Waals surface area contributed by atoms with Crippen molar-refractivity contribution >= 4 is 5.91 Å². The van der Waals surface area contributed by atoms with Gasteiger partial charge in [0.1, 0.15) is 11.6 Å². The summed E-state index contributed by atoms with van der Waals surface area (Å²) in [6, 6.07) is 3.69. The molecular formula is C33H35FN6O3. The van der Waals surface area contributed by atoms with Crippen LogP contribution in [0.3, 0.4) is 0 Å². The quantitative estimate of drug-likeness (QED) is 0.463. The second-order valence-corrected chi connectivity index (χ2v) is 15.0. The highest BCUT2D eigenvalue weighted by atomic mass is 19.1. The third kappa shape index (κ3) is 1.86. The number of amides is 1. The maximum absolute atomic E-state index is 14.6. The number of methoxy groups -OCH3 is 1. The highest BCUT2D eigenvalue weighted by Gasteiger charge is 3.31. The number of hydrogen-bond acceptors (Lipinski definition) is 5. The van der Waals surface area contributed by atoms with Gasteiger partial charge in [-0.1, -0.05) is 0 Å². The first kappa shape index (κ1) is 24.1. The molecule has 7 saturated carbocycles. The Kier molecular flexibility index (Phi) is 3.68. The van der Waals surface area contributed by atoms with E-state index in [4.69, 9.17) is 9.84 Å². The lowest BCUT2D eigenvalue weighted by Crippen LogP contribution is -2.92. The van der Waals surface area contributed by atoms with Crippen molar-refractivity contribution in [3.8, 4) is 11.5 Å². The van der Waals surface area contributed by atoms with Crippen LogP contribution in [0.25, 0.3) is 11.5 Å². The first-order valence-electron chi connectivity index (χ1n) is 15.9. The average molecular weight is 583 g/mol. The number of rotatable bonds is 7. The molecule has 3 aromatic rings. The molecule has 0 saturated heterocycles. The number of fused-ring (bicyclic) bond motifs is 7. The van der Waals surface area contributed by atoms with Crippen molar-refractivity contribution in [2.45, 2.75) is 51.2 Å². The first-order valence-corrected chi connectivity index (χ1v) is 15.9. The molecule has 3 heterocycles. The lowest BCUT2D eigenvalue weighted by molar-refractivity contribution is -0.404. The number of imidazole rings is 1. The van der Waals surface area contributed by atoms with E-state index < -0.39 is 0 Å². The van der Waals surface area contributed by atoms with Crippen molar-refractivity contribution in [1.82, 2.24) is 29.1 Å². The fourth-order valence-electron chi connectivity index (χ4n) is 14.0. The molecular weight excluding hydrogens is 547 g/mol. The molecule has 1 aliphatic heterocycles. The highest BCUT2D eigenvalue weighted by molar-refractivity contribution is 5.84. The van der Waals surface area contributed by atoms with Gasteiger partial charge in [0.2, 0.25) is 5.91 Å². The van der Waals surface area contributed by atoms with Crippen LogP contribution in [0.5, 0.6) is 0 Å². The molecule has 9 nitrogen and oxygen atoms in total. The predicted molar refractivity (Wildman–Crippen MR) is 152 cm³/mol. The van der Waals surface area contributed by atoms with Crippen molar-refractivity contribution < 1.29 is 13.9 Å². The van der Waals surface area contributed by atoms with E-state index in [0.717, 1.165) is 35.7 Å². The Bertz CT molecular complexity index is 1900. The molecule has 1 amide bonds. The standard InChI is InChI=1S/C33H35FN6O3/c1-14-12-18(13-15(2)21(14)34)40-26(20-16(3)35-7-6-19(20)36-40)37-8-9-39(29(37)42)33-24-22-30(24)27-31(28(30)33)23(25(31)33)32(22,27)38(17(4)41)10-11-43-5/h8-9,12-13,16,22-25,27-28,35H,6-7,10-11H2,1-5H3/t16-,22?,23?,24+,25?,27?,28?,30?,31?,32?,33?/m0/s1. The number of ether oxygens (including phenoxy) is 1. The number of aryl methyl sites for hydroxylation is 2. The number of benzene rings is 1. The van der Waals surface area contributed by atoms with Gasteiger partial charge >= 0.3 is 5.69 Å². The molecule has 0 bridgehead atoms. The molecule has 7 fully saturated rings. The van der Waals surface area contributed by atoms with Crippen LogP contribution in [0.15, 0.2) is 29.3 Å². The van der Waals surface area contributed by atoms with E-state index in [1.165, 1.54) is 0 Å². The van der Waals surface area contributed by atoms with Gasteiger partial charge in [0.05, 0.1) is 29.1 Å². The van der Waals surface area contributed by atoms with E-state index in [1.807, 2.05) is 29.2 Å². The molecule has 10 heteroatoms. The van der Waals surface area contributed by atoms with Crippen molar-refractivity contribution in [3.63, 3.8) is 0 Å². The molecule has 0 radical (unpaired) electrons. The van der Waals surface area contributed by atoms with Crippen LogP contribution in [0, 0.1) is 66.0 Å². The third-order valence-electron chi connectivity index (χ3n) is 14.2. The van der Waals surface area contributed by atoms with E-state index >= 15 is 0 Å². The Morgan fingerprint density at radius 3 is 2.49 bits per heavy atom. The van der Waals surface area contributed by atoms with Gasteiger partial charge in [-0.15, -0.1) is 0 Å². The minimum absolute atomic E-state index is 0.00330. The minimum atomic E-state index is -0.208. The number of carbonyl (C=O) groups excluding carboxylic acids is 1. The summed E-state index contributed by atoms with van der Waals surface area (Å²) in [6.45, 7) is 9.46. The zero-order chi connectivity index (χ0) is 29.3. The van der Waals surface area contributed by atoms with Crippen LogP contribution >= 0.6 is 0 Å². The van der Waals surface area contributed by atoms with E-state index in [1.54, 1.807) is 32.4 Å². The van der Waals surface area contributed by atoms with Crippen LogP contribution in [-0.2, 0) is 21.5 Å². The lowest BCUT2D eigenvalue weighted by atomic mass is 9.19. The van der Waals surface area contributed by atoms with Crippen molar-refractivity contribution in [1.29, 1.82) is 0 Å². The van der Waals surface area contributed by atoms with Gasteiger partial charge < -0.3 is 15.0 Å². The van der Waals surface area contributed by atoms with Gasteiger partial charge in [0, 0.05) is 57.5 Å². The molecule has 222 valence electrons. The fraction of sp³-hybridized carbons (Fsp3) is 0.606. The summed E-state index contributed by atoms with van der Waals surface area (Å²) >= 11 is 0. The summed E-state index contributed by atoms with van der Waals surface area (Å²) in [4.78, 5) is 29.7. The summed E-state index contributed by atoms with van der Waals surface area (Å²) in [5.74, 6) is 4.02. The number of nitrogens with zero attached hydrogens (tertiary/aromatic N) is 5. The SMILES string of the molecule is COCCN(C(C)=O)C12C3C4C35C1C13C2[C@H]1C4(n1ccn(-c2c4c(nn2-c2cc(C)c(F)c(C)c2)CCN[C@H]4C)c1=O)C53. The van der Waals surface area contributed by atoms with Crippen molar-refractivity contribution in [2.24, 2.45) is 46.3 Å². The van der Waals surface area contributed by atoms with E-state index in [2.05, 4.69) is 21.7 Å². The fourth-order valence-corrected chi connectivity index (χ4v) is 14.0. The topological polar surface area (TPSA) is 86.3 Å². The number of nitrogens with one attached hydrogen (secondary N) is 1. The summed E-state index contributed by atoms with van der Waals surface area (Å²) in [5.41, 5.74) is 4.63. The second kappa shape index (κ2) is 6.56. The lowest BCUT2D eigenvalue weighted by Gasteiger charge is -2.87. The molecule has 11 rings (SSSR count). The van der Waals surface area contributed by atoms with Gasteiger partial charge in [0.15, 0.2) is 0 Å². The molecule has 11 atom stereocenters. The second-order valence-electron chi connectivity index (χ2n) is 15.0. The first-order chi connectivity index (χ1) is 20.7. The minimum Gasteiger partial charge on any atom is -0.383 e. The maximum atomic E-state index is 14.6. The molecule has 9 unspecified atom stereocenters. The Morgan fingerprint density at radius 2 is 1.84 bits per heavy atom. The summed E-state index contributed by atoms with van der Waals surface area (Å²) in [6.07, 6.45) is 4.75. The summed E-state index contributed by atoms with van der Waals surface area (Å²) < 4.78 is 25.8. The smallest absolute Gasteiger partial charge is 0.334 e. The molecule has 2 aromatic heterocycles. The maximum Gasteiger partial charge on any atom is 0.334 e. The van der Waals surface area contributed by atoms with Gasteiger partial charge in [-0.05, 0) is 90.4 Å². The Labute approximate surface area is 248 Å². The van der Waals surface area contributed by atoms with Gasteiger partial charge in [0.25, 0.3) is 0 Å². The molecule has 1 aromatic carbocycles. The highest BCUT2D eigenvalue weighted by Crippen LogP contribution is 3.28. The largest absolute Gasteiger partial charge is 0.383 e. The Balaban J connectivity index is 1.03. The zero-order valence-electron chi connectivity index (χ0n) is 25.0. The van der Waals surface area contributed by atoms with Crippen LogP contribution < -0.4 is 11.0 Å².